The number of hydrogen-bond acceptors (Lipinski definition) is 7. The number of rotatable bonds is 10. The molecule has 3 heterocycles. The first-order chi connectivity index (χ1) is 18.4. The van der Waals surface area contributed by atoms with E-state index in [0.717, 1.165) is 53.1 Å². The van der Waals surface area contributed by atoms with Crippen molar-refractivity contribution in [3.05, 3.63) is 81.4 Å². The molecule has 9 nitrogen and oxygen atoms in total. The van der Waals surface area contributed by atoms with Crippen molar-refractivity contribution in [2.75, 3.05) is 13.7 Å². The maximum atomic E-state index is 13.2. The molecular weight excluding hydrogens is 480 g/mol. The number of H-pyrrole nitrogens is 1. The molecule has 1 N–H and O–H groups in total. The first-order valence-electron chi connectivity index (χ1n) is 13.3. The molecule has 2 aromatic carbocycles. The summed E-state index contributed by atoms with van der Waals surface area (Å²) in [6.07, 6.45) is 2.18. The van der Waals surface area contributed by atoms with Crippen LogP contribution in [-0.4, -0.2) is 49.9 Å². The lowest BCUT2D eigenvalue weighted by Crippen LogP contribution is -2.36. The molecule has 5 rings (SSSR count). The SMILES string of the molecule is COc1ccc(CN(Cc2cc3ccc(C)cc3[nH]c2=O)[C@H](c2nnnn2C[C@H]2CCCO2)C(C)C)cc1. The number of nitrogens with one attached hydrogen (secondary N) is 1. The van der Waals surface area contributed by atoms with Gasteiger partial charge in [-0.25, -0.2) is 4.68 Å². The number of pyridine rings is 1. The van der Waals surface area contributed by atoms with Gasteiger partial charge in [-0.2, -0.15) is 0 Å². The van der Waals surface area contributed by atoms with Gasteiger partial charge in [-0.05, 0) is 76.9 Å². The molecule has 4 aromatic rings. The third kappa shape index (κ3) is 5.79. The van der Waals surface area contributed by atoms with E-state index in [0.29, 0.717) is 25.2 Å². The highest BCUT2D eigenvalue weighted by Gasteiger charge is 2.31. The Bertz CT molecular complexity index is 1420. The van der Waals surface area contributed by atoms with Gasteiger partial charge in [0.25, 0.3) is 5.56 Å². The molecule has 9 heteroatoms. The van der Waals surface area contributed by atoms with E-state index in [9.17, 15) is 4.79 Å². The number of aromatic amines is 1. The van der Waals surface area contributed by atoms with Crippen LogP contribution in [0.2, 0.25) is 0 Å². The minimum Gasteiger partial charge on any atom is -0.497 e. The van der Waals surface area contributed by atoms with E-state index in [4.69, 9.17) is 9.47 Å². The van der Waals surface area contributed by atoms with E-state index in [2.05, 4.69) is 63.5 Å². The lowest BCUT2D eigenvalue weighted by atomic mass is 9.99. The second kappa shape index (κ2) is 11.4. The molecule has 2 atom stereocenters. The summed E-state index contributed by atoms with van der Waals surface area (Å²) >= 11 is 0. The lowest BCUT2D eigenvalue weighted by molar-refractivity contribution is 0.0851. The molecule has 0 radical (unpaired) electrons. The summed E-state index contributed by atoms with van der Waals surface area (Å²) in [4.78, 5) is 18.6. The van der Waals surface area contributed by atoms with Crippen LogP contribution >= 0.6 is 0 Å². The molecule has 1 aliphatic heterocycles. The third-order valence-electron chi connectivity index (χ3n) is 7.25. The first kappa shape index (κ1) is 26.1. The van der Waals surface area contributed by atoms with Gasteiger partial charge in [0.2, 0.25) is 0 Å². The van der Waals surface area contributed by atoms with Gasteiger partial charge in [0, 0.05) is 30.8 Å². The van der Waals surface area contributed by atoms with Crippen LogP contribution in [0.1, 0.15) is 55.2 Å². The number of aryl methyl sites for hydroxylation is 1. The van der Waals surface area contributed by atoms with Crippen LogP contribution < -0.4 is 10.3 Å². The fourth-order valence-corrected chi connectivity index (χ4v) is 5.33. The largest absolute Gasteiger partial charge is 0.497 e. The zero-order valence-electron chi connectivity index (χ0n) is 22.6. The summed E-state index contributed by atoms with van der Waals surface area (Å²) < 4.78 is 13.1. The Hall–Kier alpha value is -3.56. The maximum absolute atomic E-state index is 13.2. The minimum atomic E-state index is -0.124. The molecule has 1 aliphatic rings. The number of methoxy groups -OCH3 is 1. The topological polar surface area (TPSA) is 98.2 Å². The van der Waals surface area contributed by atoms with Crippen molar-refractivity contribution >= 4 is 10.9 Å². The molecule has 1 fully saturated rings. The normalized spacial score (nSPS) is 16.5. The molecule has 2 aromatic heterocycles. The summed E-state index contributed by atoms with van der Waals surface area (Å²) in [6, 6.07) is 16.1. The van der Waals surface area contributed by atoms with Crippen LogP contribution in [0.3, 0.4) is 0 Å². The zero-order valence-corrected chi connectivity index (χ0v) is 22.6. The van der Waals surface area contributed by atoms with Crippen LogP contribution in [0.4, 0.5) is 0 Å². The molecule has 0 bridgehead atoms. The number of ether oxygens (including phenoxy) is 2. The Morgan fingerprint density at radius 2 is 1.97 bits per heavy atom. The monoisotopic (exact) mass is 516 g/mol. The van der Waals surface area contributed by atoms with Crippen molar-refractivity contribution in [2.45, 2.75) is 65.4 Å². The van der Waals surface area contributed by atoms with Gasteiger partial charge in [-0.3, -0.25) is 9.69 Å². The Morgan fingerprint density at radius 3 is 2.68 bits per heavy atom. The van der Waals surface area contributed by atoms with Crippen LogP contribution in [0.25, 0.3) is 10.9 Å². The molecule has 1 saturated heterocycles. The lowest BCUT2D eigenvalue weighted by Gasteiger charge is -2.33. The van der Waals surface area contributed by atoms with Gasteiger partial charge in [0.1, 0.15) is 5.75 Å². The Morgan fingerprint density at radius 1 is 1.16 bits per heavy atom. The van der Waals surface area contributed by atoms with E-state index >= 15 is 0 Å². The second-order valence-electron chi connectivity index (χ2n) is 10.5. The van der Waals surface area contributed by atoms with E-state index < -0.39 is 0 Å². The van der Waals surface area contributed by atoms with Crippen molar-refractivity contribution in [1.29, 1.82) is 0 Å². The number of hydrogen-bond donors (Lipinski definition) is 1. The van der Waals surface area contributed by atoms with E-state index in [1.165, 1.54) is 0 Å². The van der Waals surface area contributed by atoms with E-state index in [1.54, 1.807) is 7.11 Å². The van der Waals surface area contributed by atoms with Crippen LogP contribution in [0.15, 0.2) is 53.3 Å². The van der Waals surface area contributed by atoms with Crippen molar-refractivity contribution in [1.82, 2.24) is 30.1 Å². The molecule has 0 aliphatic carbocycles. The Kier molecular flexibility index (Phi) is 7.85. The number of nitrogens with zero attached hydrogens (tertiary/aromatic N) is 5. The van der Waals surface area contributed by atoms with Gasteiger partial charge in [0.15, 0.2) is 5.82 Å². The van der Waals surface area contributed by atoms with Gasteiger partial charge >= 0.3 is 0 Å². The van der Waals surface area contributed by atoms with E-state index in [1.807, 2.05) is 35.9 Å². The number of fused-ring (bicyclic) bond motifs is 1. The first-order valence-corrected chi connectivity index (χ1v) is 13.3. The summed E-state index contributed by atoms with van der Waals surface area (Å²) in [5.41, 5.74) is 3.70. The average molecular weight is 517 g/mol. The predicted molar refractivity (Wildman–Crippen MR) is 146 cm³/mol. The Balaban J connectivity index is 1.52. The minimum absolute atomic E-state index is 0.0794. The summed E-state index contributed by atoms with van der Waals surface area (Å²) in [5, 5.41) is 13.9. The molecule has 0 amide bonds. The Labute approximate surface area is 222 Å². The van der Waals surface area contributed by atoms with Crippen molar-refractivity contribution < 1.29 is 9.47 Å². The van der Waals surface area contributed by atoms with Gasteiger partial charge < -0.3 is 14.5 Å². The highest BCUT2D eigenvalue weighted by Crippen LogP contribution is 2.31. The maximum Gasteiger partial charge on any atom is 0.252 e. The quantitative estimate of drug-likeness (QED) is 0.333. The fraction of sp³-hybridized carbons (Fsp3) is 0.448. The number of aromatic nitrogens is 5. The molecule has 0 saturated carbocycles. The van der Waals surface area contributed by atoms with Crippen molar-refractivity contribution in [3.8, 4) is 5.75 Å². The van der Waals surface area contributed by atoms with Crippen LogP contribution in [0, 0.1) is 12.8 Å². The van der Waals surface area contributed by atoms with Crippen molar-refractivity contribution in [3.63, 3.8) is 0 Å². The third-order valence-corrected chi connectivity index (χ3v) is 7.25. The molecule has 0 unspecified atom stereocenters. The zero-order chi connectivity index (χ0) is 26.6. The summed E-state index contributed by atoms with van der Waals surface area (Å²) in [6.45, 7) is 8.83. The predicted octanol–water partition coefficient (Wildman–Crippen LogP) is 4.41. The van der Waals surface area contributed by atoms with Gasteiger partial charge in [-0.1, -0.05) is 38.1 Å². The molecule has 38 heavy (non-hydrogen) atoms. The fourth-order valence-electron chi connectivity index (χ4n) is 5.33. The molecular formula is C29H36N6O3. The van der Waals surface area contributed by atoms with E-state index in [-0.39, 0.29) is 23.6 Å². The average Bonchev–Trinajstić information content (AvgIpc) is 3.58. The van der Waals surface area contributed by atoms with Crippen LogP contribution in [0.5, 0.6) is 5.75 Å². The van der Waals surface area contributed by atoms with Crippen molar-refractivity contribution in [2.24, 2.45) is 5.92 Å². The highest BCUT2D eigenvalue weighted by atomic mass is 16.5. The van der Waals surface area contributed by atoms with Gasteiger partial charge in [-0.15, -0.1) is 5.10 Å². The molecule has 0 spiro atoms. The summed E-state index contributed by atoms with van der Waals surface area (Å²) in [5.74, 6) is 1.78. The summed E-state index contributed by atoms with van der Waals surface area (Å²) in [7, 11) is 1.66. The smallest absolute Gasteiger partial charge is 0.252 e. The van der Waals surface area contributed by atoms with Crippen LogP contribution in [-0.2, 0) is 24.4 Å². The number of tetrazole rings is 1. The standard InChI is InChI=1S/C29H36N6O3/c1-19(2)27(28-31-32-33-35(28)18-25-6-5-13-38-25)34(16-21-8-11-24(37-4)12-9-21)17-23-15-22-10-7-20(3)14-26(22)30-29(23)36/h7-12,14-15,19,25,27H,5-6,13,16-18H2,1-4H3,(H,30,36)/t25-,27+/m1/s1. The van der Waals surface area contributed by atoms with Gasteiger partial charge in [0.05, 0.1) is 25.8 Å². The molecule has 200 valence electrons. The highest BCUT2D eigenvalue weighted by molar-refractivity contribution is 5.79. The second-order valence-corrected chi connectivity index (χ2v) is 10.5. The number of benzene rings is 2.